The van der Waals surface area contributed by atoms with Crippen LogP contribution in [0.1, 0.15) is 24.4 Å². The van der Waals surface area contributed by atoms with E-state index in [1.807, 2.05) is 48.8 Å². The zero-order valence-corrected chi connectivity index (χ0v) is 19.9. The number of hydrogen-bond donors (Lipinski definition) is 3. The molecule has 1 fully saturated rings. The molecule has 1 aliphatic heterocycles. The Morgan fingerprint density at radius 3 is 2.69 bits per heavy atom. The fourth-order valence-corrected chi connectivity index (χ4v) is 4.22. The van der Waals surface area contributed by atoms with E-state index in [-0.39, 0.29) is 0 Å². The summed E-state index contributed by atoms with van der Waals surface area (Å²) in [6, 6.07) is 18.3. The zero-order valence-electron chi connectivity index (χ0n) is 19.9. The van der Waals surface area contributed by atoms with E-state index in [0.717, 1.165) is 48.5 Å². The highest BCUT2D eigenvalue weighted by molar-refractivity contribution is 5.85. The number of ether oxygens (including phenoxy) is 2. The quantitative estimate of drug-likeness (QED) is 0.296. The summed E-state index contributed by atoms with van der Waals surface area (Å²) in [6.45, 7) is 3.68. The Morgan fingerprint density at radius 1 is 1.06 bits per heavy atom. The van der Waals surface area contributed by atoms with Crippen molar-refractivity contribution in [2.75, 3.05) is 44.0 Å². The molecule has 1 aliphatic rings. The molecular formula is C26H31N7O2. The molecule has 5 rings (SSSR count). The van der Waals surface area contributed by atoms with Crippen molar-refractivity contribution in [1.29, 1.82) is 0 Å². The molecule has 0 unspecified atom stereocenters. The van der Waals surface area contributed by atoms with Gasteiger partial charge < -0.3 is 30.0 Å². The monoisotopic (exact) mass is 473 g/mol. The van der Waals surface area contributed by atoms with Crippen LogP contribution >= 0.6 is 0 Å². The zero-order chi connectivity index (χ0) is 23.9. The SMILES string of the molecule is COCCOc1ccc(Nc2nc(NCc3ccccc3)c3ncn([C@@H]4CCCNC4)c3n2)cc1. The molecule has 0 radical (unpaired) electrons. The third kappa shape index (κ3) is 5.70. The van der Waals surface area contributed by atoms with E-state index < -0.39 is 0 Å². The van der Waals surface area contributed by atoms with Gasteiger partial charge in [-0.3, -0.25) is 0 Å². The Kier molecular flexibility index (Phi) is 7.35. The largest absolute Gasteiger partial charge is 0.491 e. The number of fused-ring (bicyclic) bond motifs is 1. The molecular weight excluding hydrogens is 442 g/mol. The highest BCUT2D eigenvalue weighted by atomic mass is 16.5. The number of methoxy groups -OCH3 is 1. The topological polar surface area (TPSA) is 98.2 Å². The van der Waals surface area contributed by atoms with Gasteiger partial charge in [0.05, 0.1) is 12.9 Å². The van der Waals surface area contributed by atoms with E-state index in [1.165, 1.54) is 5.56 Å². The van der Waals surface area contributed by atoms with Gasteiger partial charge in [0.25, 0.3) is 0 Å². The molecule has 9 nitrogen and oxygen atoms in total. The van der Waals surface area contributed by atoms with Crippen LogP contribution in [0.15, 0.2) is 60.9 Å². The first-order valence-electron chi connectivity index (χ1n) is 12.0. The number of nitrogens with zero attached hydrogens (tertiary/aromatic N) is 4. The van der Waals surface area contributed by atoms with Crippen molar-refractivity contribution in [2.45, 2.75) is 25.4 Å². The van der Waals surface area contributed by atoms with Crippen molar-refractivity contribution in [3.8, 4) is 5.75 Å². The van der Waals surface area contributed by atoms with E-state index in [0.29, 0.717) is 37.6 Å². The van der Waals surface area contributed by atoms with Crippen LogP contribution in [-0.2, 0) is 11.3 Å². The summed E-state index contributed by atoms with van der Waals surface area (Å²) in [4.78, 5) is 14.3. The summed E-state index contributed by atoms with van der Waals surface area (Å²) in [5.74, 6) is 2.02. The summed E-state index contributed by atoms with van der Waals surface area (Å²) in [6.07, 6.45) is 4.13. The van der Waals surface area contributed by atoms with Crippen LogP contribution in [-0.4, -0.2) is 52.9 Å². The number of piperidine rings is 1. The van der Waals surface area contributed by atoms with Crippen molar-refractivity contribution in [3.05, 3.63) is 66.5 Å². The molecule has 35 heavy (non-hydrogen) atoms. The lowest BCUT2D eigenvalue weighted by Crippen LogP contribution is -2.31. The van der Waals surface area contributed by atoms with Crippen LogP contribution in [0.25, 0.3) is 11.2 Å². The van der Waals surface area contributed by atoms with E-state index in [2.05, 4.69) is 32.7 Å². The second-order valence-electron chi connectivity index (χ2n) is 8.55. The van der Waals surface area contributed by atoms with Crippen LogP contribution in [0.5, 0.6) is 5.75 Å². The van der Waals surface area contributed by atoms with Gasteiger partial charge in [0.1, 0.15) is 12.4 Å². The lowest BCUT2D eigenvalue weighted by Gasteiger charge is -2.24. The van der Waals surface area contributed by atoms with Crippen molar-refractivity contribution in [2.24, 2.45) is 0 Å². The summed E-state index contributed by atoms with van der Waals surface area (Å²) >= 11 is 0. The standard InChI is InChI=1S/C26H31N7O2/c1-34-14-15-35-22-11-9-20(10-12-22)30-26-31-24(28-16-19-6-3-2-4-7-19)23-25(32-26)33(18-29-23)21-8-5-13-27-17-21/h2-4,6-7,9-12,18,21,27H,5,8,13-17H2,1H3,(H2,28,30,31,32)/t21-/m1/s1. The fraction of sp³-hybridized carbons (Fsp3) is 0.346. The van der Waals surface area contributed by atoms with Crippen LogP contribution in [0.4, 0.5) is 17.5 Å². The van der Waals surface area contributed by atoms with Gasteiger partial charge in [-0.15, -0.1) is 0 Å². The van der Waals surface area contributed by atoms with Crippen LogP contribution < -0.4 is 20.7 Å². The Labute approximate surface area is 204 Å². The number of rotatable bonds is 10. The van der Waals surface area contributed by atoms with Crippen LogP contribution in [0, 0.1) is 0 Å². The van der Waals surface area contributed by atoms with Gasteiger partial charge in [-0.2, -0.15) is 9.97 Å². The average molecular weight is 474 g/mol. The van der Waals surface area contributed by atoms with Gasteiger partial charge in [0.2, 0.25) is 5.95 Å². The van der Waals surface area contributed by atoms with Crippen LogP contribution in [0.2, 0.25) is 0 Å². The van der Waals surface area contributed by atoms with E-state index in [9.17, 15) is 0 Å². The normalized spacial score (nSPS) is 15.7. The van der Waals surface area contributed by atoms with Gasteiger partial charge in [-0.05, 0) is 49.2 Å². The first kappa shape index (κ1) is 23.1. The molecule has 4 aromatic rings. The Hall–Kier alpha value is -3.69. The number of benzene rings is 2. The van der Waals surface area contributed by atoms with Gasteiger partial charge in [0.15, 0.2) is 17.0 Å². The van der Waals surface area contributed by atoms with Crippen molar-refractivity contribution in [1.82, 2.24) is 24.8 Å². The fourth-order valence-electron chi connectivity index (χ4n) is 4.22. The Balaban J connectivity index is 1.41. The molecule has 0 bridgehead atoms. The minimum absolute atomic E-state index is 0.321. The predicted molar refractivity (Wildman–Crippen MR) is 137 cm³/mol. The van der Waals surface area contributed by atoms with Gasteiger partial charge in [-0.25, -0.2) is 4.98 Å². The third-order valence-corrected chi connectivity index (χ3v) is 6.06. The highest BCUT2D eigenvalue weighted by Gasteiger charge is 2.20. The molecule has 1 atom stereocenters. The molecule has 0 saturated carbocycles. The summed E-state index contributed by atoms with van der Waals surface area (Å²) in [5, 5.41) is 10.3. The second-order valence-corrected chi connectivity index (χ2v) is 8.55. The summed E-state index contributed by atoms with van der Waals surface area (Å²) in [7, 11) is 1.66. The first-order chi connectivity index (χ1) is 17.3. The average Bonchev–Trinajstić information content (AvgIpc) is 3.34. The molecule has 2 aromatic carbocycles. The van der Waals surface area contributed by atoms with E-state index in [1.54, 1.807) is 7.11 Å². The van der Waals surface area contributed by atoms with Gasteiger partial charge in [0, 0.05) is 31.9 Å². The molecule has 2 aromatic heterocycles. The van der Waals surface area contributed by atoms with E-state index >= 15 is 0 Å². The van der Waals surface area contributed by atoms with E-state index in [4.69, 9.17) is 24.4 Å². The maximum Gasteiger partial charge on any atom is 0.231 e. The maximum absolute atomic E-state index is 5.66. The summed E-state index contributed by atoms with van der Waals surface area (Å²) in [5.41, 5.74) is 3.65. The molecule has 9 heteroatoms. The van der Waals surface area contributed by atoms with Crippen LogP contribution in [0.3, 0.4) is 0 Å². The molecule has 0 spiro atoms. The molecule has 0 aliphatic carbocycles. The molecule has 182 valence electrons. The number of aromatic nitrogens is 4. The number of anilines is 3. The molecule has 1 saturated heterocycles. The number of nitrogens with one attached hydrogen (secondary N) is 3. The highest BCUT2D eigenvalue weighted by Crippen LogP contribution is 2.28. The minimum atomic E-state index is 0.321. The smallest absolute Gasteiger partial charge is 0.231 e. The van der Waals surface area contributed by atoms with Gasteiger partial charge >= 0.3 is 0 Å². The van der Waals surface area contributed by atoms with Crippen molar-refractivity contribution >= 4 is 28.6 Å². The number of hydrogen-bond acceptors (Lipinski definition) is 8. The second kappa shape index (κ2) is 11.2. The van der Waals surface area contributed by atoms with Crippen molar-refractivity contribution in [3.63, 3.8) is 0 Å². The third-order valence-electron chi connectivity index (χ3n) is 6.06. The lowest BCUT2D eigenvalue weighted by atomic mass is 10.1. The molecule has 0 amide bonds. The van der Waals surface area contributed by atoms with Crippen molar-refractivity contribution < 1.29 is 9.47 Å². The first-order valence-corrected chi connectivity index (χ1v) is 12.0. The summed E-state index contributed by atoms with van der Waals surface area (Å²) < 4.78 is 12.9. The minimum Gasteiger partial charge on any atom is -0.491 e. The number of imidazole rings is 1. The lowest BCUT2D eigenvalue weighted by molar-refractivity contribution is 0.146. The Morgan fingerprint density at radius 2 is 1.91 bits per heavy atom. The maximum atomic E-state index is 5.66. The Bertz CT molecular complexity index is 1220. The van der Waals surface area contributed by atoms with Gasteiger partial charge in [-0.1, -0.05) is 30.3 Å². The predicted octanol–water partition coefficient (Wildman–Crippen LogP) is 4.13. The molecule has 3 heterocycles. The molecule has 3 N–H and O–H groups in total.